The van der Waals surface area contributed by atoms with E-state index in [9.17, 15) is 4.79 Å². The SMILES string of the molecule is Nc1nc(-c2ccco2)ncc1C(=O)NCc1cccnc1. The summed E-state index contributed by atoms with van der Waals surface area (Å²) in [7, 11) is 0. The normalized spacial score (nSPS) is 10.4. The molecule has 0 unspecified atom stereocenters. The predicted octanol–water partition coefficient (Wildman–Crippen LogP) is 1.64. The molecule has 3 rings (SSSR count). The summed E-state index contributed by atoms with van der Waals surface area (Å²) in [5.41, 5.74) is 6.94. The van der Waals surface area contributed by atoms with Crippen LogP contribution in [0, 0.1) is 0 Å². The fourth-order valence-corrected chi connectivity index (χ4v) is 1.87. The quantitative estimate of drug-likeness (QED) is 0.757. The molecule has 0 atom stereocenters. The first-order valence-corrected chi connectivity index (χ1v) is 6.57. The van der Waals surface area contributed by atoms with Crippen molar-refractivity contribution >= 4 is 11.7 Å². The lowest BCUT2D eigenvalue weighted by molar-refractivity contribution is 0.0951. The molecule has 7 nitrogen and oxygen atoms in total. The number of carbonyl (C=O) groups is 1. The summed E-state index contributed by atoms with van der Waals surface area (Å²) in [6.07, 6.45) is 6.26. The molecular formula is C15H13N5O2. The third-order valence-electron chi connectivity index (χ3n) is 2.98. The zero-order chi connectivity index (χ0) is 15.4. The van der Waals surface area contributed by atoms with Gasteiger partial charge >= 0.3 is 0 Å². The van der Waals surface area contributed by atoms with E-state index in [-0.39, 0.29) is 17.3 Å². The summed E-state index contributed by atoms with van der Waals surface area (Å²) < 4.78 is 5.19. The van der Waals surface area contributed by atoms with E-state index < -0.39 is 0 Å². The van der Waals surface area contributed by atoms with Gasteiger partial charge in [-0.1, -0.05) is 6.07 Å². The van der Waals surface area contributed by atoms with Gasteiger partial charge in [0, 0.05) is 25.1 Å². The van der Waals surface area contributed by atoms with Crippen molar-refractivity contribution in [1.82, 2.24) is 20.3 Å². The van der Waals surface area contributed by atoms with E-state index in [0.29, 0.717) is 18.1 Å². The largest absolute Gasteiger partial charge is 0.461 e. The van der Waals surface area contributed by atoms with Gasteiger partial charge in [-0.3, -0.25) is 9.78 Å². The van der Waals surface area contributed by atoms with Crippen LogP contribution >= 0.6 is 0 Å². The average molecular weight is 295 g/mol. The molecule has 0 spiro atoms. The van der Waals surface area contributed by atoms with E-state index in [2.05, 4.69) is 20.3 Å². The van der Waals surface area contributed by atoms with Crippen molar-refractivity contribution in [1.29, 1.82) is 0 Å². The molecule has 3 aromatic heterocycles. The second-order valence-electron chi connectivity index (χ2n) is 4.51. The number of nitrogens with two attached hydrogens (primary N) is 1. The van der Waals surface area contributed by atoms with Gasteiger partial charge in [0.2, 0.25) is 0 Å². The molecule has 0 radical (unpaired) electrons. The molecule has 0 aliphatic carbocycles. The van der Waals surface area contributed by atoms with E-state index in [1.807, 2.05) is 6.07 Å². The molecule has 1 amide bonds. The molecule has 0 aliphatic rings. The third kappa shape index (κ3) is 2.93. The zero-order valence-corrected chi connectivity index (χ0v) is 11.6. The zero-order valence-electron chi connectivity index (χ0n) is 11.6. The van der Waals surface area contributed by atoms with Gasteiger partial charge in [-0.15, -0.1) is 0 Å². The van der Waals surface area contributed by atoms with Crippen LogP contribution in [0.25, 0.3) is 11.6 Å². The standard InChI is InChI=1S/C15H13N5O2/c16-13-11(9-18-14(20-13)12-4-2-6-22-12)15(21)19-8-10-3-1-5-17-7-10/h1-7,9H,8H2,(H,19,21)(H2,16,18,20). The number of carbonyl (C=O) groups excluding carboxylic acids is 1. The van der Waals surface area contributed by atoms with Gasteiger partial charge in [0.25, 0.3) is 5.91 Å². The monoisotopic (exact) mass is 295 g/mol. The van der Waals surface area contributed by atoms with Crippen LogP contribution in [0.4, 0.5) is 5.82 Å². The average Bonchev–Trinajstić information content (AvgIpc) is 3.08. The summed E-state index contributed by atoms with van der Waals surface area (Å²) in [6, 6.07) is 7.12. The van der Waals surface area contributed by atoms with Crippen LogP contribution in [0.3, 0.4) is 0 Å². The molecular weight excluding hydrogens is 282 g/mol. The van der Waals surface area contributed by atoms with E-state index in [1.165, 1.54) is 12.5 Å². The minimum atomic E-state index is -0.340. The van der Waals surface area contributed by atoms with Gasteiger partial charge in [0.15, 0.2) is 11.6 Å². The number of amides is 1. The van der Waals surface area contributed by atoms with Crippen LogP contribution in [-0.4, -0.2) is 20.9 Å². The van der Waals surface area contributed by atoms with Gasteiger partial charge < -0.3 is 15.5 Å². The molecule has 0 saturated carbocycles. The Morgan fingerprint density at radius 1 is 1.27 bits per heavy atom. The number of furan rings is 1. The van der Waals surface area contributed by atoms with Crippen LogP contribution < -0.4 is 11.1 Å². The molecule has 22 heavy (non-hydrogen) atoms. The number of pyridine rings is 1. The minimum absolute atomic E-state index is 0.102. The van der Waals surface area contributed by atoms with Crippen molar-refractivity contribution in [2.45, 2.75) is 6.54 Å². The topological polar surface area (TPSA) is 107 Å². The Bertz CT molecular complexity index is 772. The van der Waals surface area contributed by atoms with E-state index in [0.717, 1.165) is 5.56 Å². The Hall–Kier alpha value is -3.22. The van der Waals surface area contributed by atoms with Crippen LogP contribution in [0.2, 0.25) is 0 Å². The summed E-state index contributed by atoms with van der Waals surface area (Å²) in [6.45, 7) is 0.353. The lowest BCUT2D eigenvalue weighted by Crippen LogP contribution is -2.24. The Labute approximate surface area is 126 Å². The Kier molecular flexibility index (Phi) is 3.78. The lowest BCUT2D eigenvalue weighted by Gasteiger charge is -2.07. The van der Waals surface area contributed by atoms with Crippen molar-refractivity contribution in [2.24, 2.45) is 0 Å². The smallest absolute Gasteiger partial charge is 0.256 e. The molecule has 0 bridgehead atoms. The molecule has 0 aliphatic heterocycles. The van der Waals surface area contributed by atoms with Crippen molar-refractivity contribution in [2.75, 3.05) is 5.73 Å². The Morgan fingerprint density at radius 3 is 2.86 bits per heavy atom. The van der Waals surface area contributed by atoms with Gasteiger partial charge in [-0.2, -0.15) is 0 Å². The highest BCUT2D eigenvalue weighted by Crippen LogP contribution is 2.17. The van der Waals surface area contributed by atoms with E-state index in [4.69, 9.17) is 10.2 Å². The first-order chi connectivity index (χ1) is 10.7. The maximum Gasteiger partial charge on any atom is 0.256 e. The minimum Gasteiger partial charge on any atom is -0.461 e. The van der Waals surface area contributed by atoms with Gasteiger partial charge in [-0.05, 0) is 23.8 Å². The van der Waals surface area contributed by atoms with Crippen molar-refractivity contribution in [3.05, 3.63) is 60.2 Å². The molecule has 7 heteroatoms. The second kappa shape index (κ2) is 6.04. The summed E-state index contributed by atoms with van der Waals surface area (Å²) >= 11 is 0. The van der Waals surface area contributed by atoms with Crippen molar-refractivity contribution in [3.8, 4) is 11.6 Å². The number of nitrogen functional groups attached to an aromatic ring is 1. The molecule has 0 aromatic carbocycles. The molecule has 110 valence electrons. The number of nitrogens with one attached hydrogen (secondary N) is 1. The number of aromatic nitrogens is 3. The van der Waals surface area contributed by atoms with Crippen LogP contribution in [0.1, 0.15) is 15.9 Å². The number of hydrogen-bond acceptors (Lipinski definition) is 6. The van der Waals surface area contributed by atoms with Crippen LogP contribution in [0.5, 0.6) is 0 Å². The summed E-state index contributed by atoms with van der Waals surface area (Å²) in [4.78, 5) is 24.3. The predicted molar refractivity (Wildman–Crippen MR) is 79.6 cm³/mol. The number of anilines is 1. The fraction of sp³-hybridized carbons (Fsp3) is 0.0667. The molecule has 3 aromatic rings. The highest BCUT2D eigenvalue weighted by Gasteiger charge is 2.14. The van der Waals surface area contributed by atoms with Gasteiger partial charge in [0.05, 0.1) is 11.8 Å². The van der Waals surface area contributed by atoms with E-state index >= 15 is 0 Å². The Balaban J connectivity index is 1.73. The maximum absolute atomic E-state index is 12.1. The van der Waals surface area contributed by atoms with Crippen molar-refractivity contribution in [3.63, 3.8) is 0 Å². The summed E-state index contributed by atoms with van der Waals surface area (Å²) in [5, 5.41) is 2.75. The first-order valence-electron chi connectivity index (χ1n) is 6.57. The Morgan fingerprint density at radius 2 is 2.18 bits per heavy atom. The van der Waals surface area contributed by atoms with Gasteiger partial charge in [-0.25, -0.2) is 9.97 Å². The van der Waals surface area contributed by atoms with Crippen LogP contribution in [0.15, 0.2) is 53.5 Å². The molecule has 3 N–H and O–H groups in total. The first kappa shape index (κ1) is 13.7. The fourth-order valence-electron chi connectivity index (χ4n) is 1.87. The highest BCUT2D eigenvalue weighted by atomic mass is 16.3. The van der Waals surface area contributed by atoms with Gasteiger partial charge in [0.1, 0.15) is 5.82 Å². The summed E-state index contributed by atoms with van der Waals surface area (Å²) in [5.74, 6) is 0.595. The third-order valence-corrected chi connectivity index (χ3v) is 2.98. The second-order valence-corrected chi connectivity index (χ2v) is 4.51. The molecule has 3 heterocycles. The number of hydrogen-bond donors (Lipinski definition) is 2. The highest BCUT2D eigenvalue weighted by molar-refractivity contribution is 5.98. The van der Waals surface area contributed by atoms with Crippen LogP contribution in [-0.2, 0) is 6.54 Å². The molecule has 0 fully saturated rings. The number of nitrogens with zero attached hydrogens (tertiary/aromatic N) is 3. The maximum atomic E-state index is 12.1. The van der Waals surface area contributed by atoms with E-state index in [1.54, 1.807) is 30.6 Å². The van der Waals surface area contributed by atoms with Crippen molar-refractivity contribution < 1.29 is 9.21 Å². The number of rotatable bonds is 4. The molecule has 0 saturated heterocycles. The lowest BCUT2D eigenvalue weighted by atomic mass is 10.2.